The lowest BCUT2D eigenvalue weighted by molar-refractivity contribution is -0.274. The minimum atomic E-state index is -4.74. The Morgan fingerprint density at radius 3 is 2.43 bits per heavy atom. The molecule has 0 aliphatic carbocycles. The third-order valence-electron chi connectivity index (χ3n) is 2.49. The summed E-state index contributed by atoms with van der Waals surface area (Å²) in [4.78, 5) is 12.6. The van der Waals surface area contributed by atoms with E-state index < -0.39 is 18.3 Å². The molecule has 0 fully saturated rings. The number of thiophene rings is 1. The molecule has 1 aromatic heterocycles. The van der Waals surface area contributed by atoms with Crippen LogP contribution in [-0.4, -0.2) is 12.3 Å². The van der Waals surface area contributed by atoms with Crippen LogP contribution in [0.3, 0.4) is 0 Å². The molecule has 0 saturated heterocycles. The minimum absolute atomic E-state index is 0.335. The number of anilines is 1. The molecule has 0 spiro atoms. The first-order chi connectivity index (χ1) is 9.85. The van der Waals surface area contributed by atoms with Gasteiger partial charge in [-0.2, -0.15) is 0 Å². The normalized spacial score (nSPS) is 12.8. The van der Waals surface area contributed by atoms with Crippen LogP contribution < -0.4 is 15.8 Å². The number of nitrogens with two attached hydrogens (primary N) is 1. The van der Waals surface area contributed by atoms with Gasteiger partial charge in [-0.05, 0) is 35.7 Å². The van der Waals surface area contributed by atoms with Gasteiger partial charge in [-0.15, -0.1) is 24.5 Å². The largest absolute Gasteiger partial charge is 0.573 e. The monoisotopic (exact) mass is 316 g/mol. The fourth-order valence-corrected chi connectivity index (χ4v) is 2.28. The van der Waals surface area contributed by atoms with Gasteiger partial charge in [0.2, 0.25) is 5.91 Å². The smallest absolute Gasteiger partial charge is 0.406 e. The molecule has 21 heavy (non-hydrogen) atoms. The molecule has 1 amide bonds. The van der Waals surface area contributed by atoms with E-state index in [4.69, 9.17) is 5.73 Å². The van der Waals surface area contributed by atoms with E-state index in [0.29, 0.717) is 10.6 Å². The van der Waals surface area contributed by atoms with Crippen LogP contribution in [0.25, 0.3) is 0 Å². The van der Waals surface area contributed by atoms with Crippen molar-refractivity contribution in [3.05, 3.63) is 46.7 Å². The van der Waals surface area contributed by atoms with Gasteiger partial charge in [-0.3, -0.25) is 4.79 Å². The molecule has 2 aromatic rings. The number of amides is 1. The first-order valence-corrected chi connectivity index (χ1v) is 6.69. The average molecular weight is 316 g/mol. The van der Waals surface area contributed by atoms with Gasteiger partial charge in [-0.1, -0.05) is 6.07 Å². The number of alkyl halides is 3. The number of halogens is 3. The van der Waals surface area contributed by atoms with Gasteiger partial charge in [0.15, 0.2) is 0 Å². The molecule has 0 aliphatic heterocycles. The summed E-state index contributed by atoms with van der Waals surface area (Å²) in [5, 5.41) is 4.32. The Kier molecular flexibility index (Phi) is 4.49. The van der Waals surface area contributed by atoms with E-state index in [9.17, 15) is 18.0 Å². The molecule has 1 aromatic carbocycles. The predicted octanol–water partition coefficient (Wildman–Crippen LogP) is 3.29. The highest BCUT2D eigenvalue weighted by Gasteiger charge is 2.31. The summed E-state index contributed by atoms with van der Waals surface area (Å²) in [5.74, 6) is -0.801. The molecule has 0 radical (unpaired) electrons. The third kappa shape index (κ3) is 4.47. The Bertz CT molecular complexity index is 597. The molecule has 1 atom stereocenters. The highest BCUT2D eigenvalue weighted by atomic mass is 32.1. The molecule has 4 nitrogen and oxygen atoms in total. The van der Waals surface area contributed by atoms with E-state index in [2.05, 4.69) is 10.1 Å². The zero-order valence-corrected chi connectivity index (χ0v) is 11.4. The summed E-state index contributed by atoms with van der Waals surface area (Å²) in [6.45, 7) is 0. The van der Waals surface area contributed by atoms with Gasteiger partial charge in [0.05, 0.1) is 0 Å². The van der Waals surface area contributed by atoms with Crippen molar-refractivity contribution in [2.75, 3.05) is 5.32 Å². The second-order valence-corrected chi connectivity index (χ2v) is 5.03. The first kappa shape index (κ1) is 15.3. The van der Waals surface area contributed by atoms with Crippen LogP contribution in [0.2, 0.25) is 0 Å². The van der Waals surface area contributed by atoms with Crippen molar-refractivity contribution in [2.24, 2.45) is 5.73 Å². The quantitative estimate of drug-likeness (QED) is 0.910. The SMILES string of the molecule is NC(C(=O)Nc1ccc(OC(F)(F)F)cc1)c1cccs1. The van der Waals surface area contributed by atoms with Crippen molar-refractivity contribution in [3.63, 3.8) is 0 Å². The molecule has 8 heteroatoms. The lowest BCUT2D eigenvalue weighted by Gasteiger charge is -2.12. The lowest BCUT2D eigenvalue weighted by atomic mass is 10.2. The Labute approximate surface area is 122 Å². The molecule has 112 valence electrons. The maximum Gasteiger partial charge on any atom is 0.573 e. The second-order valence-electron chi connectivity index (χ2n) is 4.05. The second kappa shape index (κ2) is 6.15. The maximum atomic E-state index is 12.0. The zero-order chi connectivity index (χ0) is 15.5. The number of carbonyl (C=O) groups is 1. The van der Waals surface area contributed by atoms with Crippen molar-refractivity contribution in [1.82, 2.24) is 0 Å². The number of rotatable bonds is 4. The van der Waals surface area contributed by atoms with Gasteiger partial charge < -0.3 is 15.8 Å². The molecular weight excluding hydrogens is 305 g/mol. The van der Waals surface area contributed by atoms with Crippen LogP contribution in [0.15, 0.2) is 41.8 Å². The van der Waals surface area contributed by atoms with E-state index in [1.54, 1.807) is 17.5 Å². The highest BCUT2D eigenvalue weighted by molar-refractivity contribution is 7.10. The topological polar surface area (TPSA) is 64.4 Å². The maximum absolute atomic E-state index is 12.0. The number of benzene rings is 1. The molecule has 2 rings (SSSR count). The minimum Gasteiger partial charge on any atom is -0.406 e. The Morgan fingerprint density at radius 1 is 1.24 bits per heavy atom. The molecule has 1 heterocycles. The number of hydrogen-bond donors (Lipinski definition) is 2. The number of ether oxygens (including phenoxy) is 1. The van der Waals surface area contributed by atoms with Crippen molar-refractivity contribution in [1.29, 1.82) is 0 Å². The lowest BCUT2D eigenvalue weighted by Crippen LogP contribution is -2.26. The van der Waals surface area contributed by atoms with Crippen LogP contribution in [-0.2, 0) is 4.79 Å². The van der Waals surface area contributed by atoms with Crippen LogP contribution in [0.5, 0.6) is 5.75 Å². The van der Waals surface area contributed by atoms with Crippen molar-refractivity contribution in [2.45, 2.75) is 12.4 Å². The standard InChI is InChI=1S/C13H11F3N2O2S/c14-13(15,16)20-9-5-3-8(4-6-9)18-12(19)11(17)10-2-1-7-21-10/h1-7,11H,17H2,(H,18,19). The molecule has 0 aliphatic rings. The van der Waals surface area contributed by atoms with Gasteiger partial charge in [0.25, 0.3) is 0 Å². The van der Waals surface area contributed by atoms with Gasteiger partial charge >= 0.3 is 6.36 Å². The molecular formula is C13H11F3N2O2S. The van der Waals surface area contributed by atoms with Crippen molar-refractivity contribution >= 4 is 22.9 Å². The Hall–Kier alpha value is -2.06. The number of hydrogen-bond acceptors (Lipinski definition) is 4. The Balaban J connectivity index is 1.98. The van der Waals surface area contributed by atoms with Crippen molar-refractivity contribution < 1.29 is 22.7 Å². The number of carbonyl (C=O) groups excluding carboxylic acids is 1. The molecule has 1 unspecified atom stereocenters. The van der Waals surface area contributed by atoms with Crippen LogP contribution in [0, 0.1) is 0 Å². The summed E-state index contributed by atoms with van der Waals surface area (Å²) < 4.78 is 39.8. The average Bonchev–Trinajstić information content (AvgIpc) is 2.92. The van der Waals surface area contributed by atoms with Crippen LogP contribution in [0.4, 0.5) is 18.9 Å². The van der Waals surface area contributed by atoms with Crippen LogP contribution >= 0.6 is 11.3 Å². The van der Waals surface area contributed by atoms with Gasteiger partial charge in [0.1, 0.15) is 11.8 Å². The molecule has 3 N–H and O–H groups in total. The zero-order valence-electron chi connectivity index (χ0n) is 10.6. The third-order valence-corrected chi connectivity index (χ3v) is 3.44. The highest BCUT2D eigenvalue weighted by Crippen LogP contribution is 2.24. The summed E-state index contributed by atoms with van der Waals surface area (Å²) in [7, 11) is 0. The first-order valence-electron chi connectivity index (χ1n) is 5.81. The van der Waals surface area contributed by atoms with E-state index in [1.165, 1.54) is 23.5 Å². The van der Waals surface area contributed by atoms with Gasteiger partial charge in [0, 0.05) is 10.6 Å². The van der Waals surface area contributed by atoms with Gasteiger partial charge in [-0.25, -0.2) is 0 Å². The van der Waals surface area contributed by atoms with Crippen LogP contribution in [0.1, 0.15) is 10.9 Å². The van der Waals surface area contributed by atoms with E-state index in [-0.39, 0.29) is 5.75 Å². The molecule has 0 bridgehead atoms. The van der Waals surface area contributed by atoms with E-state index >= 15 is 0 Å². The molecule has 0 saturated carbocycles. The van der Waals surface area contributed by atoms with E-state index in [0.717, 1.165) is 12.1 Å². The Morgan fingerprint density at radius 2 is 1.90 bits per heavy atom. The predicted molar refractivity (Wildman–Crippen MR) is 73.0 cm³/mol. The van der Waals surface area contributed by atoms with E-state index in [1.807, 2.05) is 0 Å². The summed E-state index contributed by atoms with van der Waals surface area (Å²) in [6.07, 6.45) is -4.74. The fraction of sp³-hybridized carbons (Fsp3) is 0.154. The summed E-state index contributed by atoms with van der Waals surface area (Å²) in [6, 6.07) is 7.52. The number of nitrogens with one attached hydrogen (secondary N) is 1. The summed E-state index contributed by atoms with van der Waals surface area (Å²) >= 11 is 1.35. The summed E-state index contributed by atoms with van der Waals surface area (Å²) in [5.41, 5.74) is 6.10. The van der Waals surface area contributed by atoms with Crippen molar-refractivity contribution in [3.8, 4) is 5.75 Å². The fourth-order valence-electron chi connectivity index (χ4n) is 1.56.